The maximum Gasteiger partial charge on any atom is 0.419 e. The second kappa shape index (κ2) is 5.51. The molecule has 0 aliphatic rings. The van der Waals surface area contributed by atoms with Gasteiger partial charge in [-0.2, -0.15) is 13.2 Å². The zero-order valence-electron chi connectivity index (χ0n) is 10.7. The van der Waals surface area contributed by atoms with E-state index >= 15 is 0 Å². The van der Waals surface area contributed by atoms with Gasteiger partial charge in [0, 0.05) is 6.20 Å². The summed E-state index contributed by atoms with van der Waals surface area (Å²) < 4.78 is 56.8. The van der Waals surface area contributed by atoms with Crippen LogP contribution in [0.15, 0.2) is 36.5 Å². The van der Waals surface area contributed by atoms with Crippen molar-refractivity contribution in [1.29, 1.82) is 0 Å². The van der Waals surface area contributed by atoms with Gasteiger partial charge in [-0.3, -0.25) is 4.79 Å². The standard InChI is InChI=1S/C14H9F4NO2/c1-21-10-6-3-7-19-12(10)13(20)8-4-2-5-9(11(8)15)14(16,17)18/h2-7H,1H3. The highest BCUT2D eigenvalue weighted by Crippen LogP contribution is 2.33. The molecule has 0 N–H and O–H groups in total. The van der Waals surface area contributed by atoms with Crippen molar-refractivity contribution in [1.82, 2.24) is 4.98 Å². The Labute approximate surface area is 117 Å². The van der Waals surface area contributed by atoms with Gasteiger partial charge in [-0.1, -0.05) is 6.07 Å². The molecule has 0 saturated heterocycles. The van der Waals surface area contributed by atoms with E-state index in [-0.39, 0.29) is 11.4 Å². The Kier molecular flexibility index (Phi) is 3.93. The van der Waals surface area contributed by atoms with E-state index < -0.39 is 28.9 Å². The van der Waals surface area contributed by atoms with Gasteiger partial charge < -0.3 is 4.74 Å². The number of nitrogens with zero attached hydrogens (tertiary/aromatic N) is 1. The number of ketones is 1. The summed E-state index contributed by atoms with van der Waals surface area (Å²) in [5, 5.41) is 0. The first-order chi connectivity index (χ1) is 9.86. The molecule has 0 saturated carbocycles. The number of pyridine rings is 1. The van der Waals surface area contributed by atoms with E-state index in [0.717, 1.165) is 12.1 Å². The fourth-order valence-corrected chi connectivity index (χ4v) is 1.78. The van der Waals surface area contributed by atoms with Crippen molar-refractivity contribution in [3.8, 4) is 5.75 Å². The summed E-state index contributed by atoms with van der Waals surface area (Å²) in [6.07, 6.45) is -3.62. The lowest BCUT2D eigenvalue weighted by atomic mass is 10.0. The monoisotopic (exact) mass is 299 g/mol. The zero-order chi connectivity index (χ0) is 15.6. The van der Waals surface area contributed by atoms with Crippen molar-refractivity contribution in [3.63, 3.8) is 0 Å². The van der Waals surface area contributed by atoms with Crippen molar-refractivity contribution in [2.75, 3.05) is 7.11 Å². The van der Waals surface area contributed by atoms with Gasteiger partial charge in [0.2, 0.25) is 5.78 Å². The minimum atomic E-state index is -4.88. The van der Waals surface area contributed by atoms with Gasteiger partial charge in [-0.05, 0) is 24.3 Å². The molecule has 1 aromatic heterocycles. The van der Waals surface area contributed by atoms with Crippen molar-refractivity contribution < 1.29 is 27.1 Å². The van der Waals surface area contributed by atoms with Crippen LogP contribution in [0.25, 0.3) is 0 Å². The highest BCUT2D eigenvalue weighted by molar-refractivity contribution is 6.09. The molecule has 1 aromatic carbocycles. The molecule has 0 spiro atoms. The van der Waals surface area contributed by atoms with Crippen LogP contribution in [0.5, 0.6) is 5.75 Å². The second-order valence-corrected chi connectivity index (χ2v) is 4.05. The molecule has 2 rings (SSSR count). The molecule has 0 aliphatic carbocycles. The highest BCUT2D eigenvalue weighted by Gasteiger charge is 2.36. The number of halogens is 4. The molecule has 0 aliphatic heterocycles. The summed E-state index contributed by atoms with van der Waals surface area (Å²) in [7, 11) is 1.27. The number of carbonyl (C=O) groups is 1. The number of alkyl halides is 3. The van der Waals surface area contributed by atoms with Gasteiger partial charge in [-0.15, -0.1) is 0 Å². The molecule has 0 fully saturated rings. The van der Waals surface area contributed by atoms with Gasteiger partial charge in [0.25, 0.3) is 0 Å². The SMILES string of the molecule is COc1cccnc1C(=O)c1cccc(C(F)(F)F)c1F. The maximum absolute atomic E-state index is 13.9. The minimum absolute atomic E-state index is 0.0549. The Hall–Kier alpha value is -2.44. The van der Waals surface area contributed by atoms with Crippen LogP contribution in [-0.2, 0) is 6.18 Å². The van der Waals surface area contributed by atoms with E-state index in [1.807, 2.05) is 0 Å². The molecule has 3 nitrogen and oxygen atoms in total. The molecule has 7 heteroatoms. The average Bonchev–Trinajstić information content (AvgIpc) is 2.45. The molecular weight excluding hydrogens is 290 g/mol. The quantitative estimate of drug-likeness (QED) is 0.643. The molecule has 2 aromatic rings. The summed E-state index contributed by atoms with van der Waals surface area (Å²) in [6, 6.07) is 5.40. The Balaban J connectivity index is 2.55. The Morgan fingerprint density at radius 3 is 2.52 bits per heavy atom. The summed E-state index contributed by atoms with van der Waals surface area (Å²) >= 11 is 0. The van der Waals surface area contributed by atoms with E-state index in [9.17, 15) is 22.4 Å². The van der Waals surface area contributed by atoms with Crippen LogP contribution in [0.3, 0.4) is 0 Å². The number of methoxy groups -OCH3 is 1. The summed E-state index contributed by atoms with van der Waals surface area (Å²) in [5.74, 6) is -2.54. The van der Waals surface area contributed by atoms with Gasteiger partial charge in [0.1, 0.15) is 11.6 Å². The van der Waals surface area contributed by atoms with Gasteiger partial charge in [0.15, 0.2) is 5.69 Å². The summed E-state index contributed by atoms with van der Waals surface area (Å²) in [6.45, 7) is 0. The van der Waals surface area contributed by atoms with Gasteiger partial charge in [-0.25, -0.2) is 9.37 Å². The number of ether oxygens (including phenoxy) is 1. The first-order valence-corrected chi connectivity index (χ1v) is 5.75. The van der Waals surface area contributed by atoms with Crippen LogP contribution < -0.4 is 4.74 Å². The Morgan fingerprint density at radius 2 is 1.90 bits per heavy atom. The molecule has 0 atom stereocenters. The van der Waals surface area contributed by atoms with Crippen molar-refractivity contribution in [3.05, 3.63) is 59.2 Å². The minimum Gasteiger partial charge on any atom is -0.494 e. The van der Waals surface area contributed by atoms with Gasteiger partial charge >= 0.3 is 6.18 Å². The fourth-order valence-electron chi connectivity index (χ4n) is 1.78. The number of hydrogen-bond acceptors (Lipinski definition) is 3. The van der Waals surface area contributed by atoms with Crippen molar-refractivity contribution in [2.45, 2.75) is 6.18 Å². The smallest absolute Gasteiger partial charge is 0.419 e. The molecule has 0 amide bonds. The Morgan fingerprint density at radius 1 is 1.19 bits per heavy atom. The van der Waals surface area contributed by atoms with Crippen LogP contribution in [0.2, 0.25) is 0 Å². The van der Waals surface area contributed by atoms with Crippen molar-refractivity contribution in [2.24, 2.45) is 0 Å². The normalized spacial score (nSPS) is 11.3. The van der Waals surface area contributed by atoms with Crippen LogP contribution in [-0.4, -0.2) is 17.9 Å². The summed E-state index contributed by atoms with van der Waals surface area (Å²) in [5.41, 5.74) is -2.46. The number of aromatic nitrogens is 1. The van der Waals surface area contributed by atoms with E-state index in [1.165, 1.54) is 25.4 Å². The molecule has 1 heterocycles. The summed E-state index contributed by atoms with van der Waals surface area (Å²) in [4.78, 5) is 15.9. The first-order valence-electron chi connectivity index (χ1n) is 5.75. The van der Waals surface area contributed by atoms with Crippen molar-refractivity contribution >= 4 is 5.78 Å². The predicted octanol–water partition coefficient (Wildman–Crippen LogP) is 3.48. The van der Waals surface area contributed by atoms with Crippen LogP contribution in [0.1, 0.15) is 21.6 Å². The zero-order valence-corrected chi connectivity index (χ0v) is 10.7. The average molecular weight is 299 g/mol. The Bertz CT molecular complexity index is 683. The predicted molar refractivity (Wildman–Crippen MR) is 65.6 cm³/mol. The largest absolute Gasteiger partial charge is 0.494 e. The molecule has 21 heavy (non-hydrogen) atoms. The van der Waals surface area contributed by atoms with E-state index in [0.29, 0.717) is 6.07 Å². The highest BCUT2D eigenvalue weighted by atomic mass is 19.4. The lowest BCUT2D eigenvalue weighted by Crippen LogP contribution is -2.14. The number of hydrogen-bond donors (Lipinski definition) is 0. The third-order valence-electron chi connectivity index (χ3n) is 2.75. The molecule has 0 bridgehead atoms. The first kappa shape index (κ1) is 15.0. The third kappa shape index (κ3) is 2.86. The number of rotatable bonds is 3. The maximum atomic E-state index is 13.9. The molecular formula is C14H9F4NO2. The van der Waals surface area contributed by atoms with E-state index in [2.05, 4.69) is 4.98 Å². The molecule has 110 valence electrons. The topological polar surface area (TPSA) is 39.2 Å². The lowest BCUT2D eigenvalue weighted by molar-refractivity contribution is -0.140. The third-order valence-corrected chi connectivity index (χ3v) is 2.75. The van der Waals surface area contributed by atoms with E-state index in [4.69, 9.17) is 4.74 Å². The number of benzene rings is 1. The fraction of sp³-hybridized carbons (Fsp3) is 0.143. The van der Waals surface area contributed by atoms with Gasteiger partial charge in [0.05, 0.1) is 18.2 Å². The lowest BCUT2D eigenvalue weighted by Gasteiger charge is -2.11. The second-order valence-electron chi connectivity index (χ2n) is 4.05. The van der Waals surface area contributed by atoms with Crippen LogP contribution in [0.4, 0.5) is 17.6 Å². The van der Waals surface area contributed by atoms with E-state index in [1.54, 1.807) is 0 Å². The molecule has 0 unspecified atom stereocenters. The van der Waals surface area contributed by atoms with Crippen LogP contribution >= 0.6 is 0 Å². The molecule has 0 radical (unpaired) electrons. The number of carbonyl (C=O) groups excluding carboxylic acids is 1. The van der Waals surface area contributed by atoms with Crippen LogP contribution in [0, 0.1) is 5.82 Å².